The number of carbonyl (C=O) groups excluding carboxylic acids is 1. The minimum absolute atomic E-state index is 0.0803. The van der Waals surface area contributed by atoms with Gasteiger partial charge in [-0.2, -0.15) is 0 Å². The number of ether oxygens (including phenoxy) is 1. The van der Waals surface area contributed by atoms with Gasteiger partial charge in [-0.15, -0.1) is 0 Å². The highest BCUT2D eigenvalue weighted by atomic mass is 16.5. The molecule has 19 heavy (non-hydrogen) atoms. The third-order valence-electron chi connectivity index (χ3n) is 4.25. The van der Waals surface area contributed by atoms with E-state index < -0.39 is 11.5 Å². The summed E-state index contributed by atoms with van der Waals surface area (Å²) in [6, 6.07) is 0. The van der Waals surface area contributed by atoms with Crippen molar-refractivity contribution < 1.29 is 19.4 Å². The molecule has 0 radical (unpaired) electrons. The molecule has 1 saturated heterocycles. The van der Waals surface area contributed by atoms with Crippen LogP contribution in [-0.4, -0.2) is 34.7 Å². The Morgan fingerprint density at radius 3 is 2.47 bits per heavy atom. The maximum absolute atomic E-state index is 11.9. The second-order valence-electron chi connectivity index (χ2n) is 6.01. The molecule has 2 fully saturated rings. The molecule has 0 unspecified atom stereocenters. The average molecular weight is 269 g/mol. The number of carbonyl (C=O) groups is 2. The summed E-state index contributed by atoms with van der Waals surface area (Å²) < 4.78 is 5.65. The third kappa shape index (κ3) is 3.47. The number of hydrogen-bond acceptors (Lipinski definition) is 3. The van der Waals surface area contributed by atoms with Gasteiger partial charge in [0.05, 0.1) is 12.2 Å². The van der Waals surface area contributed by atoms with Crippen LogP contribution < -0.4 is 5.32 Å². The van der Waals surface area contributed by atoms with Gasteiger partial charge in [-0.3, -0.25) is 4.79 Å². The zero-order valence-corrected chi connectivity index (χ0v) is 11.6. The number of rotatable bonds is 6. The Hall–Kier alpha value is -1.10. The van der Waals surface area contributed by atoms with E-state index in [1.165, 1.54) is 0 Å². The normalized spacial score (nSPS) is 29.8. The smallest absolute Gasteiger partial charge is 0.329 e. The maximum atomic E-state index is 11.9. The van der Waals surface area contributed by atoms with Gasteiger partial charge in [-0.05, 0) is 51.9 Å². The van der Waals surface area contributed by atoms with E-state index in [0.717, 1.165) is 25.7 Å². The van der Waals surface area contributed by atoms with Crippen LogP contribution in [0.2, 0.25) is 0 Å². The number of carboxylic acid groups (broad SMARTS) is 1. The van der Waals surface area contributed by atoms with E-state index >= 15 is 0 Å². The van der Waals surface area contributed by atoms with E-state index in [1.807, 2.05) is 6.92 Å². The van der Waals surface area contributed by atoms with Gasteiger partial charge in [0.15, 0.2) is 0 Å². The second kappa shape index (κ2) is 5.49. The summed E-state index contributed by atoms with van der Waals surface area (Å²) in [6.45, 7) is 3.65. The third-order valence-corrected chi connectivity index (χ3v) is 4.25. The highest BCUT2D eigenvalue weighted by Crippen LogP contribution is 2.39. The lowest BCUT2D eigenvalue weighted by atomic mass is 9.95. The van der Waals surface area contributed by atoms with Crippen molar-refractivity contribution in [1.82, 2.24) is 5.32 Å². The molecule has 0 aromatic rings. The summed E-state index contributed by atoms with van der Waals surface area (Å²) in [4.78, 5) is 23.2. The monoisotopic (exact) mass is 269 g/mol. The van der Waals surface area contributed by atoms with Crippen LogP contribution in [0.4, 0.5) is 0 Å². The second-order valence-corrected chi connectivity index (χ2v) is 6.01. The SMILES string of the molecule is C[C@@H]1CC[C@H](CCC(=O)N[C@@](C)(C(=O)O)C2CC2)O1. The van der Waals surface area contributed by atoms with Gasteiger partial charge >= 0.3 is 5.97 Å². The van der Waals surface area contributed by atoms with E-state index in [0.29, 0.717) is 12.8 Å². The molecule has 0 spiro atoms. The van der Waals surface area contributed by atoms with Crippen LogP contribution in [0.5, 0.6) is 0 Å². The first-order valence-corrected chi connectivity index (χ1v) is 7.11. The molecule has 1 heterocycles. The van der Waals surface area contributed by atoms with E-state index in [2.05, 4.69) is 5.32 Å². The first kappa shape index (κ1) is 14.3. The molecule has 0 bridgehead atoms. The summed E-state index contributed by atoms with van der Waals surface area (Å²) in [7, 11) is 0. The molecule has 2 rings (SSSR count). The van der Waals surface area contributed by atoms with Crippen molar-refractivity contribution in [3.05, 3.63) is 0 Å². The molecule has 0 aromatic carbocycles. The molecule has 2 N–H and O–H groups in total. The number of nitrogens with one attached hydrogen (secondary N) is 1. The fourth-order valence-electron chi connectivity index (χ4n) is 2.73. The van der Waals surface area contributed by atoms with Gasteiger partial charge in [0.25, 0.3) is 0 Å². The molecule has 1 saturated carbocycles. The van der Waals surface area contributed by atoms with Crippen molar-refractivity contribution in [2.24, 2.45) is 5.92 Å². The number of carboxylic acids is 1. The van der Waals surface area contributed by atoms with Gasteiger partial charge in [-0.25, -0.2) is 4.79 Å². The molecular weight excluding hydrogens is 246 g/mol. The zero-order chi connectivity index (χ0) is 14.0. The van der Waals surface area contributed by atoms with Gasteiger partial charge in [-0.1, -0.05) is 0 Å². The van der Waals surface area contributed by atoms with Crippen molar-refractivity contribution in [2.75, 3.05) is 0 Å². The Morgan fingerprint density at radius 2 is 2.00 bits per heavy atom. The first-order chi connectivity index (χ1) is 8.91. The van der Waals surface area contributed by atoms with Crippen molar-refractivity contribution >= 4 is 11.9 Å². The number of amides is 1. The highest BCUT2D eigenvalue weighted by molar-refractivity contribution is 5.87. The minimum Gasteiger partial charge on any atom is -0.480 e. The Kier molecular flexibility index (Phi) is 4.13. The van der Waals surface area contributed by atoms with E-state index in [4.69, 9.17) is 4.74 Å². The van der Waals surface area contributed by atoms with Crippen LogP contribution in [0.1, 0.15) is 52.4 Å². The maximum Gasteiger partial charge on any atom is 0.329 e. The number of aliphatic carboxylic acids is 1. The molecule has 5 heteroatoms. The molecule has 2 aliphatic rings. The summed E-state index contributed by atoms with van der Waals surface area (Å²) in [6.07, 6.45) is 5.25. The zero-order valence-electron chi connectivity index (χ0n) is 11.6. The highest BCUT2D eigenvalue weighted by Gasteiger charge is 2.48. The Bertz CT molecular complexity index is 366. The van der Waals surface area contributed by atoms with Gasteiger partial charge in [0.2, 0.25) is 5.91 Å². The molecule has 1 amide bonds. The van der Waals surface area contributed by atoms with Crippen molar-refractivity contribution in [3.8, 4) is 0 Å². The van der Waals surface area contributed by atoms with Gasteiger partial charge in [0.1, 0.15) is 5.54 Å². The lowest BCUT2D eigenvalue weighted by Crippen LogP contribution is -2.54. The first-order valence-electron chi connectivity index (χ1n) is 7.11. The summed E-state index contributed by atoms with van der Waals surface area (Å²) in [5, 5.41) is 12.0. The summed E-state index contributed by atoms with van der Waals surface area (Å²) in [5.41, 5.74) is -1.10. The van der Waals surface area contributed by atoms with Crippen molar-refractivity contribution in [1.29, 1.82) is 0 Å². The predicted molar refractivity (Wildman–Crippen MR) is 69.7 cm³/mol. The predicted octanol–water partition coefficient (Wildman–Crippen LogP) is 1.70. The van der Waals surface area contributed by atoms with Gasteiger partial charge in [0, 0.05) is 6.42 Å². The summed E-state index contributed by atoms with van der Waals surface area (Å²) in [5.74, 6) is -1.04. The van der Waals surface area contributed by atoms with Crippen LogP contribution in [0.3, 0.4) is 0 Å². The minimum atomic E-state index is -1.10. The Labute approximate surface area is 113 Å². The molecule has 108 valence electrons. The van der Waals surface area contributed by atoms with Crippen molar-refractivity contribution in [3.63, 3.8) is 0 Å². The lowest BCUT2D eigenvalue weighted by Gasteiger charge is -2.26. The standard InChI is InChI=1S/C14H23NO4/c1-9-3-6-11(19-9)7-8-12(16)15-14(2,13(17)18)10-4-5-10/h9-11H,3-8H2,1-2H3,(H,15,16)(H,17,18)/t9-,11-,14-/m1/s1. The largest absolute Gasteiger partial charge is 0.480 e. The van der Waals surface area contributed by atoms with Crippen LogP contribution in [0, 0.1) is 5.92 Å². The fraction of sp³-hybridized carbons (Fsp3) is 0.857. The Balaban J connectivity index is 1.78. The van der Waals surface area contributed by atoms with E-state index in [-0.39, 0.29) is 24.0 Å². The van der Waals surface area contributed by atoms with Crippen LogP contribution >= 0.6 is 0 Å². The Morgan fingerprint density at radius 1 is 1.32 bits per heavy atom. The molecule has 1 aliphatic carbocycles. The van der Waals surface area contributed by atoms with Crippen molar-refractivity contribution in [2.45, 2.75) is 70.1 Å². The quantitative estimate of drug-likeness (QED) is 0.769. The molecule has 5 nitrogen and oxygen atoms in total. The lowest BCUT2D eigenvalue weighted by molar-refractivity contribution is -0.148. The topological polar surface area (TPSA) is 75.6 Å². The van der Waals surface area contributed by atoms with E-state index in [9.17, 15) is 14.7 Å². The van der Waals surface area contributed by atoms with Crippen LogP contribution in [0.25, 0.3) is 0 Å². The average Bonchev–Trinajstić information content (AvgIpc) is 3.11. The van der Waals surface area contributed by atoms with Crippen LogP contribution in [0.15, 0.2) is 0 Å². The molecule has 0 aromatic heterocycles. The van der Waals surface area contributed by atoms with Crippen LogP contribution in [-0.2, 0) is 14.3 Å². The van der Waals surface area contributed by atoms with Gasteiger partial charge < -0.3 is 15.2 Å². The van der Waals surface area contributed by atoms with E-state index in [1.54, 1.807) is 6.92 Å². The molecular formula is C14H23NO4. The molecule has 1 aliphatic heterocycles. The fourth-order valence-corrected chi connectivity index (χ4v) is 2.73. The molecule has 3 atom stereocenters. The summed E-state index contributed by atoms with van der Waals surface area (Å²) >= 11 is 0. The number of hydrogen-bond donors (Lipinski definition) is 2.